The number of halogens is 1. The molecule has 0 saturated carbocycles. The Morgan fingerprint density at radius 3 is 2.28 bits per heavy atom. The molecule has 8 nitrogen and oxygen atoms in total. The van der Waals surface area contributed by atoms with Crippen LogP contribution in [0.3, 0.4) is 0 Å². The Balaban J connectivity index is 1.45. The van der Waals surface area contributed by atoms with Crippen LogP contribution < -0.4 is 15.5 Å². The number of nitrogens with zero attached hydrogens (tertiary/aromatic N) is 6. The van der Waals surface area contributed by atoms with Crippen molar-refractivity contribution in [1.29, 1.82) is 0 Å². The normalized spacial score (nSPS) is 14.5. The van der Waals surface area contributed by atoms with Crippen LogP contribution in [0.15, 0.2) is 48.8 Å². The van der Waals surface area contributed by atoms with Crippen LogP contribution in [0.2, 0.25) is 0 Å². The molecule has 0 atom stereocenters. The van der Waals surface area contributed by atoms with E-state index in [0.717, 1.165) is 37.4 Å². The number of benzene rings is 1. The molecule has 1 saturated heterocycles. The number of nitrogens with one attached hydrogen (secondary N) is 1. The van der Waals surface area contributed by atoms with E-state index in [1.807, 2.05) is 12.1 Å². The third-order valence-electron chi connectivity index (χ3n) is 5.07. The average molecular weight is 390 g/mol. The molecule has 1 aliphatic heterocycles. The predicted molar refractivity (Wildman–Crippen MR) is 110 cm³/mol. The Morgan fingerprint density at radius 2 is 1.55 bits per heavy atom. The van der Waals surface area contributed by atoms with E-state index >= 15 is 0 Å². The van der Waals surface area contributed by atoms with Crippen LogP contribution in [0.25, 0.3) is 22.6 Å². The maximum atomic E-state index is 13.2. The van der Waals surface area contributed by atoms with Gasteiger partial charge in [0.15, 0.2) is 17.0 Å². The number of anilines is 3. The van der Waals surface area contributed by atoms with E-state index in [0.29, 0.717) is 22.8 Å². The molecule has 0 amide bonds. The van der Waals surface area contributed by atoms with Crippen molar-refractivity contribution in [3.05, 3.63) is 54.6 Å². The highest BCUT2D eigenvalue weighted by Crippen LogP contribution is 2.28. The monoisotopic (exact) mass is 390 g/mol. The van der Waals surface area contributed by atoms with E-state index in [1.165, 1.54) is 12.1 Å². The largest absolute Gasteiger partial charge is 0.368 e. The van der Waals surface area contributed by atoms with Gasteiger partial charge in [0.05, 0.1) is 0 Å². The topological polar surface area (TPSA) is 99.9 Å². The molecule has 1 aromatic carbocycles. The SMILES string of the molecule is Nc1nc(N2CCN(c3ccncc3)CC2)c2nc(-c3ccc(F)cc3)[nH]c2n1. The second kappa shape index (κ2) is 7.01. The van der Waals surface area contributed by atoms with E-state index in [-0.39, 0.29) is 11.8 Å². The average Bonchev–Trinajstić information content (AvgIpc) is 3.18. The van der Waals surface area contributed by atoms with E-state index in [4.69, 9.17) is 5.73 Å². The van der Waals surface area contributed by atoms with Crippen molar-refractivity contribution < 1.29 is 4.39 Å². The fourth-order valence-electron chi connectivity index (χ4n) is 3.60. The first-order valence-electron chi connectivity index (χ1n) is 9.36. The molecule has 0 unspecified atom stereocenters. The van der Waals surface area contributed by atoms with Crippen molar-refractivity contribution in [2.45, 2.75) is 0 Å². The second-order valence-electron chi connectivity index (χ2n) is 6.87. The van der Waals surface area contributed by atoms with Crippen molar-refractivity contribution in [3.8, 4) is 11.4 Å². The van der Waals surface area contributed by atoms with Crippen LogP contribution >= 0.6 is 0 Å². The van der Waals surface area contributed by atoms with Crippen molar-refractivity contribution in [2.24, 2.45) is 0 Å². The Hall–Kier alpha value is -3.75. The third kappa shape index (κ3) is 3.31. The molecule has 3 N–H and O–H groups in total. The van der Waals surface area contributed by atoms with Gasteiger partial charge in [0.25, 0.3) is 0 Å². The number of nitrogens with two attached hydrogens (primary N) is 1. The molecule has 0 aliphatic carbocycles. The molecule has 3 aromatic heterocycles. The number of hydrogen-bond donors (Lipinski definition) is 2. The standard InChI is InChI=1S/C20H19FN8/c21-14-3-1-13(2-4-14)17-24-16-18(25-17)26-20(22)27-19(16)29-11-9-28(10-12-29)15-5-7-23-8-6-15/h1-8H,9-12H2,(H3,22,24,25,26,27). The molecule has 5 rings (SSSR count). The Labute approximate surface area is 166 Å². The number of aromatic amines is 1. The zero-order valence-electron chi connectivity index (χ0n) is 15.6. The first kappa shape index (κ1) is 17.4. The molecule has 4 heterocycles. The molecule has 0 spiro atoms. The summed E-state index contributed by atoms with van der Waals surface area (Å²) in [4.78, 5) is 25.2. The molecule has 146 valence electrons. The lowest BCUT2D eigenvalue weighted by Gasteiger charge is -2.36. The Kier molecular flexibility index (Phi) is 4.19. The van der Waals surface area contributed by atoms with Gasteiger partial charge in [-0.15, -0.1) is 0 Å². The molecule has 0 radical (unpaired) electrons. The van der Waals surface area contributed by atoms with Gasteiger partial charge in [0.1, 0.15) is 11.6 Å². The van der Waals surface area contributed by atoms with Gasteiger partial charge in [0, 0.05) is 49.8 Å². The highest BCUT2D eigenvalue weighted by molar-refractivity contribution is 5.87. The lowest BCUT2D eigenvalue weighted by atomic mass is 10.2. The molecule has 0 bridgehead atoms. The van der Waals surface area contributed by atoms with Crippen LogP contribution in [-0.2, 0) is 0 Å². The summed E-state index contributed by atoms with van der Waals surface area (Å²) in [7, 11) is 0. The van der Waals surface area contributed by atoms with E-state index in [9.17, 15) is 4.39 Å². The summed E-state index contributed by atoms with van der Waals surface area (Å²) in [5.74, 6) is 1.23. The summed E-state index contributed by atoms with van der Waals surface area (Å²) in [6.07, 6.45) is 3.61. The van der Waals surface area contributed by atoms with E-state index in [2.05, 4.69) is 34.7 Å². The van der Waals surface area contributed by atoms with Gasteiger partial charge in [-0.05, 0) is 36.4 Å². The smallest absolute Gasteiger partial charge is 0.224 e. The lowest BCUT2D eigenvalue weighted by molar-refractivity contribution is 0.628. The number of fused-ring (bicyclic) bond motifs is 1. The number of hydrogen-bond acceptors (Lipinski definition) is 7. The molecule has 9 heteroatoms. The third-order valence-corrected chi connectivity index (χ3v) is 5.07. The molecular weight excluding hydrogens is 371 g/mol. The quantitative estimate of drug-likeness (QED) is 0.554. The van der Waals surface area contributed by atoms with Crippen molar-refractivity contribution in [3.63, 3.8) is 0 Å². The summed E-state index contributed by atoms with van der Waals surface area (Å²) in [5, 5.41) is 0. The summed E-state index contributed by atoms with van der Waals surface area (Å²) in [6.45, 7) is 3.27. The van der Waals surface area contributed by atoms with Crippen molar-refractivity contribution in [2.75, 3.05) is 41.7 Å². The summed E-state index contributed by atoms with van der Waals surface area (Å²) in [5.41, 5.74) is 9.12. The minimum atomic E-state index is -0.290. The number of aromatic nitrogens is 5. The summed E-state index contributed by atoms with van der Waals surface area (Å²) < 4.78 is 13.2. The number of pyridine rings is 1. The van der Waals surface area contributed by atoms with E-state index in [1.54, 1.807) is 24.5 Å². The summed E-state index contributed by atoms with van der Waals surface area (Å²) in [6, 6.07) is 10.2. The van der Waals surface area contributed by atoms with Crippen LogP contribution in [0.5, 0.6) is 0 Å². The number of H-pyrrole nitrogens is 1. The van der Waals surface area contributed by atoms with Gasteiger partial charge in [-0.25, -0.2) is 9.37 Å². The number of nitrogen functional groups attached to an aromatic ring is 1. The first-order chi connectivity index (χ1) is 14.2. The maximum absolute atomic E-state index is 13.2. The summed E-state index contributed by atoms with van der Waals surface area (Å²) >= 11 is 0. The van der Waals surface area contributed by atoms with Gasteiger partial charge in [0.2, 0.25) is 5.95 Å². The minimum Gasteiger partial charge on any atom is -0.368 e. The van der Waals surface area contributed by atoms with Gasteiger partial charge >= 0.3 is 0 Å². The molecule has 1 fully saturated rings. The molecular formula is C20H19FN8. The van der Waals surface area contributed by atoms with Crippen molar-refractivity contribution in [1.82, 2.24) is 24.9 Å². The fourth-order valence-corrected chi connectivity index (χ4v) is 3.60. The van der Waals surface area contributed by atoms with Crippen LogP contribution in [0.4, 0.5) is 21.8 Å². The first-order valence-corrected chi connectivity index (χ1v) is 9.36. The molecule has 1 aliphatic rings. The maximum Gasteiger partial charge on any atom is 0.224 e. The zero-order valence-corrected chi connectivity index (χ0v) is 15.6. The van der Waals surface area contributed by atoms with E-state index < -0.39 is 0 Å². The van der Waals surface area contributed by atoms with Crippen LogP contribution in [0.1, 0.15) is 0 Å². The fraction of sp³-hybridized carbons (Fsp3) is 0.200. The van der Waals surface area contributed by atoms with Gasteiger partial charge in [-0.1, -0.05) is 0 Å². The second-order valence-corrected chi connectivity index (χ2v) is 6.87. The highest BCUT2D eigenvalue weighted by Gasteiger charge is 2.23. The lowest BCUT2D eigenvalue weighted by Crippen LogP contribution is -2.47. The van der Waals surface area contributed by atoms with Gasteiger partial charge in [-0.2, -0.15) is 9.97 Å². The Bertz CT molecular complexity index is 1130. The van der Waals surface area contributed by atoms with Crippen LogP contribution in [-0.4, -0.2) is 51.1 Å². The number of piperazine rings is 1. The highest BCUT2D eigenvalue weighted by atomic mass is 19.1. The molecule has 4 aromatic rings. The van der Waals surface area contributed by atoms with Gasteiger partial charge in [-0.3, -0.25) is 4.98 Å². The minimum absolute atomic E-state index is 0.193. The predicted octanol–water partition coefficient (Wildman–Crippen LogP) is 2.46. The number of rotatable bonds is 3. The Morgan fingerprint density at radius 1 is 0.862 bits per heavy atom. The molecule has 29 heavy (non-hydrogen) atoms. The van der Waals surface area contributed by atoms with Crippen LogP contribution in [0, 0.1) is 5.82 Å². The number of imidazole rings is 1. The zero-order chi connectivity index (χ0) is 19.8. The van der Waals surface area contributed by atoms with Gasteiger partial charge < -0.3 is 20.5 Å². The van der Waals surface area contributed by atoms with Crippen molar-refractivity contribution >= 4 is 28.6 Å².